The molecule has 86 valence electrons. The molecule has 0 aliphatic carbocycles. The third-order valence-electron chi connectivity index (χ3n) is 2.05. The number of hydrogen-bond donors (Lipinski definition) is 1. The van der Waals surface area contributed by atoms with E-state index in [1.54, 1.807) is 18.2 Å². The van der Waals surface area contributed by atoms with Crippen LogP contribution in [-0.4, -0.2) is 23.5 Å². The minimum Gasteiger partial charge on any atom is -0.481 e. The van der Waals surface area contributed by atoms with Gasteiger partial charge in [-0.05, 0) is 18.2 Å². The van der Waals surface area contributed by atoms with Gasteiger partial charge in [-0.15, -0.1) is 0 Å². The first-order valence-electron chi connectivity index (χ1n) is 4.76. The topological polar surface area (TPSA) is 57.6 Å². The Morgan fingerprint density at radius 2 is 2.12 bits per heavy atom. The highest BCUT2D eigenvalue weighted by Gasteiger charge is 2.12. The van der Waals surface area contributed by atoms with Gasteiger partial charge in [0.25, 0.3) is 0 Å². The summed E-state index contributed by atoms with van der Waals surface area (Å²) in [7, 11) is 0. The average Bonchev–Trinajstić information content (AvgIpc) is 2.17. The number of benzene rings is 1. The van der Waals surface area contributed by atoms with Gasteiger partial charge in [0.1, 0.15) is 0 Å². The van der Waals surface area contributed by atoms with E-state index < -0.39 is 5.97 Å². The third kappa shape index (κ3) is 3.66. The van der Waals surface area contributed by atoms with Gasteiger partial charge in [-0.3, -0.25) is 9.59 Å². The Morgan fingerprint density at radius 1 is 1.44 bits per heavy atom. The molecule has 1 aromatic rings. The molecule has 0 aromatic heterocycles. The van der Waals surface area contributed by atoms with E-state index in [1.807, 2.05) is 6.07 Å². The quantitative estimate of drug-likeness (QED) is 0.923. The second-order valence-electron chi connectivity index (χ2n) is 3.29. The fourth-order valence-electron chi connectivity index (χ4n) is 1.32. The third-order valence-corrected chi connectivity index (χ3v) is 2.54. The molecule has 0 aliphatic heterocycles. The summed E-state index contributed by atoms with van der Waals surface area (Å²) in [5, 5.41) is 8.60. The van der Waals surface area contributed by atoms with Crippen LogP contribution in [0, 0.1) is 0 Å². The van der Waals surface area contributed by atoms with E-state index in [2.05, 4.69) is 15.9 Å². The second kappa shape index (κ2) is 5.65. The van der Waals surface area contributed by atoms with Crippen molar-refractivity contribution in [3.05, 3.63) is 28.7 Å². The number of aliphatic carboxylic acids is 1. The fraction of sp³-hybridized carbons (Fsp3) is 0.273. The van der Waals surface area contributed by atoms with Crippen LogP contribution in [0.15, 0.2) is 28.7 Å². The highest BCUT2D eigenvalue weighted by molar-refractivity contribution is 9.10. The van der Waals surface area contributed by atoms with E-state index in [1.165, 1.54) is 11.8 Å². The number of nitrogens with zero attached hydrogens (tertiary/aromatic N) is 1. The van der Waals surface area contributed by atoms with Crippen molar-refractivity contribution < 1.29 is 14.7 Å². The Hall–Kier alpha value is -1.36. The van der Waals surface area contributed by atoms with E-state index in [-0.39, 0.29) is 18.9 Å². The number of amides is 1. The Morgan fingerprint density at radius 3 is 2.62 bits per heavy atom. The number of hydrogen-bond acceptors (Lipinski definition) is 2. The predicted octanol–water partition coefficient (Wildman–Crippen LogP) is 2.28. The van der Waals surface area contributed by atoms with Crippen molar-refractivity contribution in [2.75, 3.05) is 11.4 Å². The van der Waals surface area contributed by atoms with Crippen molar-refractivity contribution in [3.63, 3.8) is 0 Å². The molecule has 0 bridgehead atoms. The molecule has 1 aromatic carbocycles. The van der Waals surface area contributed by atoms with Crippen LogP contribution in [0.3, 0.4) is 0 Å². The Labute approximate surface area is 102 Å². The molecule has 16 heavy (non-hydrogen) atoms. The molecule has 0 saturated heterocycles. The molecule has 5 heteroatoms. The van der Waals surface area contributed by atoms with Crippen LogP contribution < -0.4 is 4.90 Å². The summed E-state index contributed by atoms with van der Waals surface area (Å²) in [6, 6.07) is 7.20. The highest BCUT2D eigenvalue weighted by atomic mass is 79.9. The number of carbonyl (C=O) groups is 2. The normalized spacial score (nSPS) is 9.88. The molecular formula is C11H12BrNO3. The molecule has 0 saturated carbocycles. The predicted molar refractivity (Wildman–Crippen MR) is 64.4 cm³/mol. The lowest BCUT2D eigenvalue weighted by molar-refractivity contribution is -0.136. The molecule has 1 rings (SSSR count). The van der Waals surface area contributed by atoms with Crippen LogP contribution >= 0.6 is 15.9 Å². The minimum atomic E-state index is -0.916. The summed E-state index contributed by atoms with van der Waals surface area (Å²) in [5.41, 5.74) is 0.697. The molecule has 1 N–H and O–H groups in total. The number of carboxylic acid groups (broad SMARTS) is 1. The van der Waals surface area contributed by atoms with Gasteiger partial charge in [-0.1, -0.05) is 22.0 Å². The molecule has 0 heterocycles. The Kier molecular flexibility index (Phi) is 4.49. The van der Waals surface area contributed by atoms with E-state index in [9.17, 15) is 9.59 Å². The maximum absolute atomic E-state index is 11.4. The van der Waals surface area contributed by atoms with E-state index >= 15 is 0 Å². The molecule has 0 fully saturated rings. The second-order valence-corrected chi connectivity index (χ2v) is 4.21. The number of anilines is 1. The largest absolute Gasteiger partial charge is 0.481 e. The molecule has 1 amide bonds. The molecule has 0 atom stereocenters. The average molecular weight is 286 g/mol. The monoisotopic (exact) mass is 285 g/mol. The first-order chi connectivity index (χ1) is 7.50. The van der Waals surface area contributed by atoms with Gasteiger partial charge in [0, 0.05) is 23.6 Å². The van der Waals surface area contributed by atoms with Crippen molar-refractivity contribution >= 4 is 33.5 Å². The molecule has 0 spiro atoms. The van der Waals surface area contributed by atoms with E-state index in [4.69, 9.17) is 5.11 Å². The van der Waals surface area contributed by atoms with Gasteiger partial charge < -0.3 is 10.0 Å². The number of carboxylic acids is 1. The van der Waals surface area contributed by atoms with Crippen LogP contribution in [-0.2, 0) is 9.59 Å². The summed E-state index contributed by atoms with van der Waals surface area (Å²) >= 11 is 3.31. The number of halogens is 1. The van der Waals surface area contributed by atoms with Crippen LogP contribution in [0.1, 0.15) is 13.3 Å². The minimum absolute atomic E-state index is 0.0634. The zero-order chi connectivity index (χ0) is 12.1. The fourth-order valence-corrected chi connectivity index (χ4v) is 1.71. The van der Waals surface area contributed by atoms with Crippen LogP contribution in [0.5, 0.6) is 0 Å². The molecular weight excluding hydrogens is 274 g/mol. The molecule has 0 unspecified atom stereocenters. The van der Waals surface area contributed by atoms with Gasteiger partial charge in [-0.25, -0.2) is 0 Å². The first-order valence-corrected chi connectivity index (χ1v) is 5.55. The van der Waals surface area contributed by atoms with E-state index in [0.29, 0.717) is 5.69 Å². The molecule has 0 radical (unpaired) electrons. The first kappa shape index (κ1) is 12.7. The Bertz CT molecular complexity index is 406. The Balaban J connectivity index is 2.85. The SMILES string of the molecule is CC(=O)N(CCC(=O)O)c1cccc(Br)c1. The molecule has 0 aliphatic rings. The summed E-state index contributed by atoms with van der Waals surface area (Å²) < 4.78 is 0.853. The van der Waals surface area contributed by atoms with Crippen molar-refractivity contribution in [2.45, 2.75) is 13.3 Å². The zero-order valence-corrected chi connectivity index (χ0v) is 10.4. The van der Waals surface area contributed by atoms with Crippen LogP contribution in [0.4, 0.5) is 5.69 Å². The number of carbonyl (C=O) groups excluding carboxylic acids is 1. The standard InChI is InChI=1S/C11H12BrNO3/c1-8(14)13(6-5-11(15)16)10-4-2-3-9(12)7-10/h2-4,7H,5-6H2,1H3,(H,15,16). The van der Waals surface area contributed by atoms with E-state index in [0.717, 1.165) is 4.47 Å². The summed E-state index contributed by atoms with van der Waals surface area (Å²) in [4.78, 5) is 23.3. The summed E-state index contributed by atoms with van der Waals surface area (Å²) in [6.45, 7) is 1.60. The maximum Gasteiger partial charge on any atom is 0.305 e. The smallest absolute Gasteiger partial charge is 0.305 e. The lowest BCUT2D eigenvalue weighted by Gasteiger charge is -2.20. The lowest BCUT2D eigenvalue weighted by Crippen LogP contribution is -2.30. The number of rotatable bonds is 4. The van der Waals surface area contributed by atoms with Gasteiger partial charge in [-0.2, -0.15) is 0 Å². The molecule has 4 nitrogen and oxygen atoms in total. The van der Waals surface area contributed by atoms with Crippen molar-refractivity contribution in [1.82, 2.24) is 0 Å². The summed E-state index contributed by atoms with van der Waals surface area (Å²) in [6.07, 6.45) is -0.0634. The lowest BCUT2D eigenvalue weighted by atomic mass is 10.2. The van der Waals surface area contributed by atoms with Crippen molar-refractivity contribution in [2.24, 2.45) is 0 Å². The zero-order valence-electron chi connectivity index (χ0n) is 8.81. The van der Waals surface area contributed by atoms with Crippen molar-refractivity contribution in [1.29, 1.82) is 0 Å². The van der Waals surface area contributed by atoms with Gasteiger partial charge in [0.15, 0.2) is 0 Å². The summed E-state index contributed by atoms with van der Waals surface area (Å²) in [5.74, 6) is -1.08. The highest BCUT2D eigenvalue weighted by Crippen LogP contribution is 2.20. The van der Waals surface area contributed by atoms with Crippen molar-refractivity contribution in [3.8, 4) is 0 Å². The van der Waals surface area contributed by atoms with Crippen LogP contribution in [0.25, 0.3) is 0 Å². The maximum atomic E-state index is 11.4. The van der Waals surface area contributed by atoms with Gasteiger partial charge in [0.2, 0.25) is 5.91 Å². The van der Waals surface area contributed by atoms with Crippen LogP contribution in [0.2, 0.25) is 0 Å². The van der Waals surface area contributed by atoms with Gasteiger partial charge >= 0.3 is 5.97 Å². The van der Waals surface area contributed by atoms with Gasteiger partial charge in [0.05, 0.1) is 6.42 Å².